The van der Waals surface area contributed by atoms with E-state index in [1.807, 2.05) is 13.0 Å². The molecular weight excluding hydrogens is 360 g/mol. The van der Waals surface area contributed by atoms with Gasteiger partial charge in [-0.2, -0.15) is 0 Å². The highest BCUT2D eigenvalue weighted by Gasteiger charge is 2.14. The average molecular weight is 377 g/mol. The second-order valence-corrected chi connectivity index (χ2v) is 5.60. The van der Waals surface area contributed by atoms with Gasteiger partial charge in [-0.25, -0.2) is 0 Å². The third-order valence-corrected chi connectivity index (χ3v) is 3.61. The van der Waals surface area contributed by atoms with Crippen LogP contribution < -0.4 is 15.4 Å². The van der Waals surface area contributed by atoms with E-state index < -0.39 is 0 Å². The van der Waals surface area contributed by atoms with Gasteiger partial charge in [0.2, 0.25) is 0 Å². The molecular formula is C17H17BrN2O3. The molecule has 2 aromatic rings. The second kappa shape index (κ2) is 7.78. The van der Waals surface area contributed by atoms with Crippen LogP contribution in [-0.2, 0) is 0 Å². The minimum absolute atomic E-state index is 0.173. The lowest BCUT2D eigenvalue weighted by Gasteiger charge is -2.11. The van der Waals surface area contributed by atoms with Gasteiger partial charge in [0.15, 0.2) is 0 Å². The number of hydrogen-bond acceptors (Lipinski definition) is 3. The molecule has 2 amide bonds. The summed E-state index contributed by atoms with van der Waals surface area (Å²) in [6.45, 7) is 2.34. The van der Waals surface area contributed by atoms with Crippen molar-refractivity contribution in [3.8, 4) is 5.75 Å². The highest BCUT2D eigenvalue weighted by Crippen LogP contribution is 2.24. The Balaban J connectivity index is 2.19. The first-order valence-electron chi connectivity index (χ1n) is 7.11. The molecule has 0 unspecified atom stereocenters. The monoisotopic (exact) mass is 376 g/mol. The molecule has 0 heterocycles. The van der Waals surface area contributed by atoms with Crippen molar-refractivity contribution in [2.24, 2.45) is 0 Å². The fraction of sp³-hybridized carbons (Fsp3) is 0.176. The third kappa shape index (κ3) is 4.32. The van der Waals surface area contributed by atoms with Crippen molar-refractivity contribution in [2.75, 3.05) is 19.0 Å². The quantitative estimate of drug-likeness (QED) is 0.839. The van der Waals surface area contributed by atoms with Gasteiger partial charge in [-0.15, -0.1) is 0 Å². The Morgan fingerprint density at radius 1 is 1.09 bits per heavy atom. The van der Waals surface area contributed by atoms with E-state index in [9.17, 15) is 9.59 Å². The Kier molecular flexibility index (Phi) is 5.76. The summed E-state index contributed by atoms with van der Waals surface area (Å²) < 4.78 is 6.27. The summed E-state index contributed by atoms with van der Waals surface area (Å²) in [6.07, 6.45) is 0. The molecule has 0 atom stereocenters. The van der Waals surface area contributed by atoms with Gasteiger partial charge in [0.1, 0.15) is 5.75 Å². The molecule has 0 spiro atoms. The third-order valence-electron chi connectivity index (χ3n) is 3.12. The van der Waals surface area contributed by atoms with Crippen molar-refractivity contribution in [1.82, 2.24) is 5.32 Å². The zero-order valence-corrected chi connectivity index (χ0v) is 14.4. The number of amides is 2. The summed E-state index contributed by atoms with van der Waals surface area (Å²) in [7, 11) is 1.57. The molecule has 0 saturated carbocycles. The summed E-state index contributed by atoms with van der Waals surface area (Å²) in [4.78, 5) is 23.9. The Morgan fingerprint density at radius 3 is 2.39 bits per heavy atom. The number of rotatable bonds is 5. The van der Waals surface area contributed by atoms with E-state index >= 15 is 0 Å². The number of ether oxygens (including phenoxy) is 1. The van der Waals surface area contributed by atoms with E-state index in [0.717, 1.165) is 4.47 Å². The number of carbonyl (C=O) groups is 2. The van der Waals surface area contributed by atoms with Crippen molar-refractivity contribution in [2.45, 2.75) is 6.92 Å². The number of hydrogen-bond donors (Lipinski definition) is 2. The van der Waals surface area contributed by atoms with Crippen LogP contribution in [0.5, 0.6) is 5.75 Å². The molecule has 2 rings (SSSR count). The Bertz CT molecular complexity index is 714. The Hall–Kier alpha value is -2.34. The van der Waals surface area contributed by atoms with E-state index in [-0.39, 0.29) is 11.8 Å². The molecule has 0 aliphatic rings. The lowest BCUT2D eigenvalue weighted by molar-refractivity contribution is 0.0962. The fourth-order valence-corrected chi connectivity index (χ4v) is 2.37. The van der Waals surface area contributed by atoms with Gasteiger partial charge < -0.3 is 15.4 Å². The summed E-state index contributed by atoms with van der Waals surface area (Å²) >= 11 is 3.35. The van der Waals surface area contributed by atoms with Crippen LogP contribution in [0.2, 0.25) is 0 Å². The van der Waals surface area contributed by atoms with Gasteiger partial charge in [0, 0.05) is 22.8 Å². The first kappa shape index (κ1) is 17.0. The molecule has 0 aromatic heterocycles. The van der Waals surface area contributed by atoms with E-state index in [2.05, 4.69) is 26.6 Å². The van der Waals surface area contributed by atoms with Gasteiger partial charge in [-0.1, -0.05) is 15.9 Å². The van der Waals surface area contributed by atoms with Gasteiger partial charge in [-0.05, 0) is 49.4 Å². The molecule has 5 nitrogen and oxygen atoms in total. The highest BCUT2D eigenvalue weighted by atomic mass is 79.9. The first-order valence-corrected chi connectivity index (χ1v) is 7.90. The molecule has 2 N–H and O–H groups in total. The molecule has 2 aromatic carbocycles. The molecule has 6 heteroatoms. The number of carbonyl (C=O) groups excluding carboxylic acids is 2. The predicted molar refractivity (Wildman–Crippen MR) is 93.1 cm³/mol. The molecule has 0 bridgehead atoms. The van der Waals surface area contributed by atoms with E-state index in [1.54, 1.807) is 43.4 Å². The number of anilines is 1. The van der Waals surface area contributed by atoms with Crippen LogP contribution in [0.1, 0.15) is 27.6 Å². The zero-order valence-electron chi connectivity index (χ0n) is 12.9. The molecule has 0 aliphatic heterocycles. The van der Waals surface area contributed by atoms with Crippen molar-refractivity contribution in [3.63, 3.8) is 0 Å². The summed E-state index contributed by atoms with van der Waals surface area (Å²) in [5.41, 5.74) is 1.57. The SMILES string of the molecule is CCOc1ccc(Br)cc1C(=O)Nc1ccc(C(=O)NC)cc1. The van der Waals surface area contributed by atoms with Crippen LogP contribution in [0, 0.1) is 0 Å². The maximum Gasteiger partial charge on any atom is 0.259 e. The van der Waals surface area contributed by atoms with Gasteiger partial charge in [0.25, 0.3) is 11.8 Å². The maximum atomic E-state index is 12.4. The average Bonchev–Trinajstić information content (AvgIpc) is 2.56. The molecule has 120 valence electrons. The minimum Gasteiger partial charge on any atom is -0.493 e. The summed E-state index contributed by atoms with van der Waals surface area (Å²) in [5, 5.41) is 5.34. The van der Waals surface area contributed by atoms with E-state index in [1.165, 1.54) is 0 Å². The van der Waals surface area contributed by atoms with E-state index in [4.69, 9.17) is 4.74 Å². The van der Waals surface area contributed by atoms with Crippen LogP contribution in [-0.4, -0.2) is 25.5 Å². The minimum atomic E-state index is -0.276. The smallest absolute Gasteiger partial charge is 0.259 e. The van der Waals surface area contributed by atoms with Crippen molar-refractivity contribution in [3.05, 3.63) is 58.1 Å². The van der Waals surface area contributed by atoms with Crippen LogP contribution >= 0.6 is 15.9 Å². The van der Waals surface area contributed by atoms with Crippen molar-refractivity contribution < 1.29 is 14.3 Å². The maximum absolute atomic E-state index is 12.4. The van der Waals surface area contributed by atoms with Crippen LogP contribution in [0.25, 0.3) is 0 Å². The summed E-state index contributed by atoms with van der Waals surface area (Å²) in [5.74, 6) is 0.0751. The molecule has 23 heavy (non-hydrogen) atoms. The van der Waals surface area contributed by atoms with E-state index in [0.29, 0.717) is 29.2 Å². The fourth-order valence-electron chi connectivity index (χ4n) is 2.01. The summed E-state index contributed by atoms with van der Waals surface area (Å²) in [6, 6.07) is 11.9. The lowest BCUT2D eigenvalue weighted by Crippen LogP contribution is -2.18. The molecule has 0 radical (unpaired) electrons. The van der Waals surface area contributed by atoms with Crippen LogP contribution in [0.15, 0.2) is 46.9 Å². The topological polar surface area (TPSA) is 67.4 Å². The number of benzene rings is 2. The molecule has 0 saturated heterocycles. The highest BCUT2D eigenvalue weighted by molar-refractivity contribution is 9.10. The number of nitrogens with one attached hydrogen (secondary N) is 2. The molecule has 0 fully saturated rings. The van der Waals surface area contributed by atoms with Crippen molar-refractivity contribution >= 4 is 33.4 Å². The normalized spacial score (nSPS) is 10.0. The largest absolute Gasteiger partial charge is 0.493 e. The Morgan fingerprint density at radius 2 is 1.78 bits per heavy atom. The first-order chi connectivity index (χ1) is 11.0. The van der Waals surface area contributed by atoms with Crippen LogP contribution in [0.4, 0.5) is 5.69 Å². The van der Waals surface area contributed by atoms with Gasteiger partial charge in [0.05, 0.1) is 12.2 Å². The van der Waals surface area contributed by atoms with Gasteiger partial charge in [-0.3, -0.25) is 9.59 Å². The standard InChI is InChI=1S/C17H17BrN2O3/c1-3-23-15-9-6-12(18)10-14(15)17(22)20-13-7-4-11(5-8-13)16(21)19-2/h4-10H,3H2,1-2H3,(H,19,21)(H,20,22). The van der Waals surface area contributed by atoms with Gasteiger partial charge >= 0.3 is 0 Å². The number of halogens is 1. The Labute approximate surface area is 143 Å². The zero-order chi connectivity index (χ0) is 16.8. The molecule has 0 aliphatic carbocycles. The van der Waals surface area contributed by atoms with Crippen molar-refractivity contribution in [1.29, 1.82) is 0 Å². The second-order valence-electron chi connectivity index (χ2n) is 4.68. The lowest BCUT2D eigenvalue weighted by atomic mass is 10.1. The predicted octanol–water partition coefficient (Wildman–Crippen LogP) is 3.46. The van der Waals surface area contributed by atoms with Crippen LogP contribution in [0.3, 0.4) is 0 Å².